The molecule has 0 heterocycles. The van der Waals surface area contributed by atoms with Crippen LogP contribution in [0.25, 0.3) is 0 Å². The molecule has 0 spiro atoms. The Hall–Kier alpha value is -1.11. The number of ether oxygens (including phenoxy) is 1. The van der Waals surface area contributed by atoms with Gasteiger partial charge in [-0.05, 0) is 37.1 Å². The van der Waals surface area contributed by atoms with E-state index in [2.05, 4.69) is 11.6 Å². The maximum atomic E-state index is 12.3. The minimum Gasteiger partial charge on any atom is -0.494 e. The first-order valence-corrected chi connectivity index (χ1v) is 8.97. The Morgan fingerprint density at radius 2 is 1.86 bits per heavy atom. The molecule has 0 saturated heterocycles. The molecule has 3 N–H and O–H groups in total. The number of rotatable bonds is 10. The molecule has 0 aromatic heterocycles. The summed E-state index contributed by atoms with van der Waals surface area (Å²) in [5, 5.41) is 0. The molecule has 0 fully saturated rings. The zero-order valence-corrected chi connectivity index (χ0v) is 13.7. The van der Waals surface area contributed by atoms with E-state index in [1.807, 2.05) is 6.92 Å². The summed E-state index contributed by atoms with van der Waals surface area (Å²) in [4.78, 5) is 0.237. The zero-order valence-electron chi connectivity index (χ0n) is 12.8. The van der Waals surface area contributed by atoms with Crippen LogP contribution in [-0.4, -0.2) is 27.6 Å². The lowest BCUT2D eigenvalue weighted by Gasteiger charge is -2.16. The lowest BCUT2D eigenvalue weighted by molar-refractivity contribution is 0.317. The molecule has 21 heavy (non-hydrogen) atoms. The maximum absolute atomic E-state index is 12.3. The van der Waals surface area contributed by atoms with Gasteiger partial charge in [0.15, 0.2) is 0 Å². The van der Waals surface area contributed by atoms with Gasteiger partial charge in [-0.25, -0.2) is 13.1 Å². The molecule has 0 aliphatic carbocycles. The molecule has 0 aliphatic rings. The Morgan fingerprint density at radius 1 is 1.19 bits per heavy atom. The minimum atomic E-state index is -3.52. The number of unbranched alkanes of at least 4 members (excludes halogenated alkanes) is 1. The van der Waals surface area contributed by atoms with E-state index >= 15 is 0 Å². The van der Waals surface area contributed by atoms with E-state index in [9.17, 15) is 8.42 Å². The second-order valence-electron chi connectivity index (χ2n) is 5.02. The van der Waals surface area contributed by atoms with Gasteiger partial charge in [0.2, 0.25) is 10.0 Å². The van der Waals surface area contributed by atoms with Gasteiger partial charge < -0.3 is 10.5 Å². The van der Waals surface area contributed by atoms with Gasteiger partial charge in [-0.1, -0.05) is 26.7 Å². The third kappa shape index (κ3) is 6.03. The molecular formula is C15H26N2O3S. The molecule has 0 aliphatic heterocycles. The van der Waals surface area contributed by atoms with Gasteiger partial charge in [0.05, 0.1) is 11.5 Å². The van der Waals surface area contributed by atoms with Crippen LogP contribution in [0, 0.1) is 0 Å². The van der Waals surface area contributed by atoms with Crippen molar-refractivity contribution in [3.63, 3.8) is 0 Å². The van der Waals surface area contributed by atoms with E-state index in [0.717, 1.165) is 25.7 Å². The van der Waals surface area contributed by atoms with Gasteiger partial charge in [-0.15, -0.1) is 0 Å². The second kappa shape index (κ2) is 9.02. The van der Waals surface area contributed by atoms with Gasteiger partial charge in [-0.3, -0.25) is 0 Å². The van der Waals surface area contributed by atoms with Crippen LogP contribution in [0.5, 0.6) is 5.75 Å². The van der Waals surface area contributed by atoms with E-state index in [1.54, 1.807) is 24.3 Å². The summed E-state index contributed by atoms with van der Waals surface area (Å²) in [6, 6.07) is 6.24. The van der Waals surface area contributed by atoms with Crippen molar-refractivity contribution in [3.05, 3.63) is 24.3 Å². The highest BCUT2D eigenvalue weighted by Gasteiger charge is 2.18. The monoisotopic (exact) mass is 314 g/mol. The molecule has 1 unspecified atom stereocenters. The molecule has 0 saturated carbocycles. The van der Waals surface area contributed by atoms with Crippen molar-refractivity contribution in [2.75, 3.05) is 13.2 Å². The van der Waals surface area contributed by atoms with E-state index < -0.39 is 10.0 Å². The molecule has 120 valence electrons. The number of benzene rings is 1. The highest BCUT2D eigenvalue weighted by Crippen LogP contribution is 2.17. The van der Waals surface area contributed by atoms with Crippen LogP contribution in [0.4, 0.5) is 0 Å². The van der Waals surface area contributed by atoms with Crippen LogP contribution >= 0.6 is 0 Å². The summed E-state index contributed by atoms with van der Waals surface area (Å²) >= 11 is 0. The Balaban J connectivity index is 2.72. The molecular weight excluding hydrogens is 288 g/mol. The molecule has 1 aromatic rings. The topological polar surface area (TPSA) is 81.4 Å². The molecule has 1 aromatic carbocycles. The standard InChI is InChI=1S/C15H26N2O3S/c1-3-5-6-13(12-16)17-21(18,19)15-9-7-14(8-10-15)20-11-4-2/h7-10,13,17H,3-6,11-12,16H2,1-2H3. The first kappa shape index (κ1) is 17.9. The summed E-state index contributed by atoms with van der Waals surface area (Å²) in [6.07, 6.45) is 3.64. The lowest BCUT2D eigenvalue weighted by atomic mass is 10.1. The summed E-state index contributed by atoms with van der Waals surface area (Å²) in [5.74, 6) is 0.678. The number of hydrogen-bond donors (Lipinski definition) is 2. The summed E-state index contributed by atoms with van der Waals surface area (Å²) in [5.41, 5.74) is 5.63. The van der Waals surface area contributed by atoms with E-state index in [0.29, 0.717) is 18.9 Å². The van der Waals surface area contributed by atoms with Crippen molar-refractivity contribution >= 4 is 10.0 Å². The normalized spacial score (nSPS) is 13.1. The molecule has 0 bridgehead atoms. The molecule has 1 rings (SSSR count). The fourth-order valence-electron chi connectivity index (χ4n) is 1.90. The largest absolute Gasteiger partial charge is 0.494 e. The average molecular weight is 314 g/mol. The van der Waals surface area contributed by atoms with Gasteiger partial charge in [-0.2, -0.15) is 0 Å². The highest BCUT2D eigenvalue weighted by molar-refractivity contribution is 7.89. The predicted molar refractivity (Wildman–Crippen MR) is 84.9 cm³/mol. The van der Waals surface area contributed by atoms with Crippen molar-refractivity contribution in [1.82, 2.24) is 4.72 Å². The van der Waals surface area contributed by atoms with E-state index in [4.69, 9.17) is 10.5 Å². The lowest BCUT2D eigenvalue weighted by Crippen LogP contribution is -2.40. The van der Waals surface area contributed by atoms with Crippen molar-refractivity contribution in [2.24, 2.45) is 5.73 Å². The first-order valence-electron chi connectivity index (χ1n) is 7.48. The highest BCUT2D eigenvalue weighted by atomic mass is 32.2. The average Bonchev–Trinajstić information content (AvgIpc) is 2.49. The first-order chi connectivity index (χ1) is 10.0. The predicted octanol–water partition coefficient (Wildman–Crippen LogP) is 2.27. The van der Waals surface area contributed by atoms with Crippen molar-refractivity contribution in [1.29, 1.82) is 0 Å². The quantitative estimate of drug-likeness (QED) is 0.694. The Labute approximate surface area is 127 Å². The number of nitrogens with two attached hydrogens (primary N) is 1. The third-order valence-electron chi connectivity index (χ3n) is 3.12. The Bertz CT molecular complexity index is 500. The van der Waals surface area contributed by atoms with Crippen LogP contribution in [0.2, 0.25) is 0 Å². The van der Waals surface area contributed by atoms with Crippen molar-refractivity contribution in [2.45, 2.75) is 50.5 Å². The summed E-state index contributed by atoms with van der Waals surface area (Å²) in [6.45, 7) is 5.01. The van der Waals surface area contributed by atoms with Gasteiger partial charge in [0.25, 0.3) is 0 Å². The van der Waals surface area contributed by atoms with Crippen LogP contribution in [0.1, 0.15) is 39.5 Å². The Morgan fingerprint density at radius 3 is 2.38 bits per heavy atom. The van der Waals surface area contributed by atoms with Crippen LogP contribution in [0.3, 0.4) is 0 Å². The fourth-order valence-corrected chi connectivity index (χ4v) is 3.18. The number of hydrogen-bond acceptors (Lipinski definition) is 4. The number of nitrogens with one attached hydrogen (secondary N) is 1. The summed E-state index contributed by atoms with van der Waals surface area (Å²) < 4.78 is 32.7. The van der Waals surface area contributed by atoms with Crippen LogP contribution in [-0.2, 0) is 10.0 Å². The molecule has 5 nitrogen and oxygen atoms in total. The third-order valence-corrected chi connectivity index (χ3v) is 4.66. The Kier molecular flexibility index (Phi) is 7.71. The molecule has 0 radical (unpaired) electrons. The second-order valence-corrected chi connectivity index (χ2v) is 6.73. The van der Waals surface area contributed by atoms with Crippen molar-refractivity contribution in [3.8, 4) is 5.75 Å². The molecule has 0 amide bonds. The smallest absolute Gasteiger partial charge is 0.240 e. The van der Waals surface area contributed by atoms with Gasteiger partial charge >= 0.3 is 0 Å². The van der Waals surface area contributed by atoms with Crippen molar-refractivity contribution < 1.29 is 13.2 Å². The maximum Gasteiger partial charge on any atom is 0.240 e. The van der Waals surface area contributed by atoms with Gasteiger partial charge in [0, 0.05) is 12.6 Å². The van der Waals surface area contributed by atoms with Gasteiger partial charge in [0.1, 0.15) is 5.75 Å². The van der Waals surface area contributed by atoms with Crippen LogP contribution < -0.4 is 15.2 Å². The number of sulfonamides is 1. The van der Waals surface area contributed by atoms with E-state index in [1.165, 1.54) is 0 Å². The summed E-state index contributed by atoms with van der Waals surface area (Å²) in [7, 11) is -3.52. The minimum absolute atomic E-state index is 0.217. The fraction of sp³-hybridized carbons (Fsp3) is 0.600. The van der Waals surface area contributed by atoms with E-state index in [-0.39, 0.29) is 10.9 Å². The molecule has 6 heteroatoms. The SMILES string of the molecule is CCCCC(CN)NS(=O)(=O)c1ccc(OCCC)cc1. The molecule has 1 atom stereocenters. The van der Waals surface area contributed by atoms with Crippen LogP contribution in [0.15, 0.2) is 29.2 Å². The zero-order chi connectivity index (χ0) is 15.7.